The van der Waals surface area contributed by atoms with Crippen LogP contribution in [0, 0.1) is 0 Å². The van der Waals surface area contributed by atoms with E-state index in [9.17, 15) is 24.3 Å². The van der Waals surface area contributed by atoms with Gasteiger partial charge in [0.05, 0.1) is 18.7 Å². The van der Waals surface area contributed by atoms with Gasteiger partial charge < -0.3 is 54.0 Å². The molecule has 226 valence electrons. The first-order chi connectivity index (χ1) is 19.6. The van der Waals surface area contributed by atoms with Crippen molar-refractivity contribution in [3.63, 3.8) is 0 Å². The molecule has 41 heavy (non-hydrogen) atoms. The molecule has 0 saturated carbocycles. The standard InChI is InChI=1S/C24H40N12O5/c25-6-2-1-5-17(34-20(37)16(26)4-3-7-31-24(27)28)21(38)35-18(8-14-10-29-12-32-14)22(39)36-19(23(40)41)9-15-11-30-13-33-15/h10-13,16-19H,1-9,25-26H2,(H,29,32)(H,30,33)(H,34,37)(H,35,38)(H,36,39)(H,40,41)(H4,27,28,31). The molecule has 0 aliphatic heterocycles. The number of nitrogens with zero attached hydrogens (tertiary/aromatic N) is 3. The van der Waals surface area contributed by atoms with Crippen LogP contribution in [0.2, 0.25) is 0 Å². The summed E-state index contributed by atoms with van der Waals surface area (Å²) in [5.74, 6) is -3.25. The maximum absolute atomic E-state index is 13.4. The fraction of sp³-hybridized carbons (Fsp3) is 0.542. The van der Waals surface area contributed by atoms with Gasteiger partial charge in [-0.25, -0.2) is 14.8 Å². The Labute approximate surface area is 236 Å². The van der Waals surface area contributed by atoms with Crippen LogP contribution in [0.5, 0.6) is 0 Å². The van der Waals surface area contributed by atoms with Crippen molar-refractivity contribution in [2.45, 2.75) is 69.1 Å². The molecule has 0 aromatic carbocycles. The zero-order chi connectivity index (χ0) is 30.2. The van der Waals surface area contributed by atoms with Crippen molar-refractivity contribution >= 4 is 29.7 Å². The van der Waals surface area contributed by atoms with Crippen LogP contribution in [0.25, 0.3) is 0 Å². The lowest BCUT2D eigenvalue weighted by Gasteiger charge is -2.25. The van der Waals surface area contributed by atoms with Gasteiger partial charge in [0.15, 0.2) is 5.96 Å². The Morgan fingerprint density at radius 1 is 0.829 bits per heavy atom. The molecule has 2 aromatic rings. The monoisotopic (exact) mass is 576 g/mol. The highest BCUT2D eigenvalue weighted by Gasteiger charge is 2.31. The van der Waals surface area contributed by atoms with Crippen LogP contribution in [-0.2, 0) is 32.0 Å². The van der Waals surface area contributed by atoms with Crippen LogP contribution in [0.1, 0.15) is 43.5 Å². The number of hydrogen-bond acceptors (Lipinski definition) is 9. The molecular formula is C24H40N12O5. The van der Waals surface area contributed by atoms with Gasteiger partial charge in [-0.1, -0.05) is 0 Å². The SMILES string of the molecule is NCCCCC(NC(=O)C(N)CCCN=C(N)N)C(=O)NC(Cc1cnc[nH]1)C(=O)NC(Cc1cnc[nH]1)C(=O)O. The number of aliphatic carboxylic acids is 1. The van der Waals surface area contributed by atoms with Crippen molar-refractivity contribution in [1.82, 2.24) is 35.9 Å². The lowest BCUT2D eigenvalue weighted by molar-refractivity contribution is -0.142. The van der Waals surface area contributed by atoms with Crippen molar-refractivity contribution < 1.29 is 24.3 Å². The summed E-state index contributed by atoms with van der Waals surface area (Å²) in [5.41, 5.74) is 23.2. The van der Waals surface area contributed by atoms with Gasteiger partial charge in [-0.3, -0.25) is 19.4 Å². The van der Waals surface area contributed by atoms with E-state index in [2.05, 4.69) is 40.9 Å². The van der Waals surface area contributed by atoms with Crippen LogP contribution < -0.4 is 38.9 Å². The van der Waals surface area contributed by atoms with Gasteiger partial charge >= 0.3 is 5.97 Å². The summed E-state index contributed by atoms with van der Waals surface area (Å²) in [7, 11) is 0. The van der Waals surface area contributed by atoms with Gasteiger partial charge in [-0.05, 0) is 38.6 Å². The van der Waals surface area contributed by atoms with Crippen molar-refractivity contribution in [3.8, 4) is 0 Å². The number of carboxylic acid groups (broad SMARTS) is 1. The second-order valence-electron chi connectivity index (χ2n) is 9.42. The summed E-state index contributed by atoms with van der Waals surface area (Å²) in [6.45, 7) is 0.691. The van der Waals surface area contributed by atoms with Crippen molar-refractivity contribution in [1.29, 1.82) is 0 Å². The van der Waals surface area contributed by atoms with Crippen LogP contribution in [0.3, 0.4) is 0 Å². The second-order valence-corrected chi connectivity index (χ2v) is 9.42. The van der Waals surface area contributed by atoms with Crippen molar-refractivity contribution in [2.75, 3.05) is 13.1 Å². The highest BCUT2D eigenvalue weighted by molar-refractivity contribution is 5.94. The quantitative estimate of drug-likeness (QED) is 0.0455. The number of guanidine groups is 1. The Hall–Kier alpha value is -4.51. The molecule has 0 aliphatic rings. The molecule has 0 saturated heterocycles. The van der Waals surface area contributed by atoms with E-state index >= 15 is 0 Å². The Bertz CT molecular complexity index is 1120. The molecule has 2 rings (SSSR count). The van der Waals surface area contributed by atoms with E-state index in [1.807, 2.05) is 0 Å². The molecule has 0 bridgehead atoms. The number of imidazole rings is 2. The molecule has 3 amide bonds. The number of carbonyl (C=O) groups excluding carboxylic acids is 3. The molecule has 17 heteroatoms. The minimum absolute atomic E-state index is 0.0122. The summed E-state index contributed by atoms with van der Waals surface area (Å²) >= 11 is 0. The Kier molecular flexibility index (Phi) is 13.7. The summed E-state index contributed by atoms with van der Waals surface area (Å²) in [5, 5.41) is 17.4. The molecule has 2 aromatic heterocycles. The number of amides is 3. The van der Waals surface area contributed by atoms with Gasteiger partial charge in [0.1, 0.15) is 18.1 Å². The van der Waals surface area contributed by atoms with E-state index in [0.717, 1.165) is 0 Å². The van der Waals surface area contributed by atoms with Gasteiger partial charge in [-0.15, -0.1) is 0 Å². The summed E-state index contributed by atoms with van der Waals surface area (Å²) in [6, 6.07) is -4.41. The molecule has 2 heterocycles. The number of nitrogens with one attached hydrogen (secondary N) is 5. The molecule has 0 aliphatic carbocycles. The predicted octanol–water partition coefficient (Wildman–Crippen LogP) is -3.03. The van der Waals surface area contributed by atoms with E-state index in [1.54, 1.807) is 0 Å². The van der Waals surface area contributed by atoms with Gasteiger partial charge in [0.2, 0.25) is 17.7 Å². The minimum Gasteiger partial charge on any atom is -0.480 e. The largest absolute Gasteiger partial charge is 0.480 e. The number of carbonyl (C=O) groups is 4. The highest BCUT2D eigenvalue weighted by Crippen LogP contribution is 2.07. The Balaban J connectivity index is 2.13. The summed E-state index contributed by atoms with van der Waals surface area (Å²) < 4.78 is 0. The maximum atomic E-state index is 13.4. The molecule has 14 N–H and O–H groups in total. The molecule has 17 nitrogen and oxygen atoms in total. The number of carboxylic acids is 1. The number of nitrogens with two attached hydrogens (primary N) is 4. The zero-order valence-corrected chi connectivity index (χ0v) is 22.7. The molecule has 0 fully saturated rings. The number of unbranched alkanes of at least 4 members (excludes halogenated alkanes) is 1. The van der Waals surface area contributed by atoms with Crippen LogP contribution in [0.4, 0.5) is 0 Å². The second kappa shape index (κ2) is 17.2. The Morgan fingerprint density at radius 2 is 1.39 bits per heavy atom. The van der Waals surface area contributed by atoms with Crippen LogP contribution in [-0.4, -0.2) is 91.9 Å². The summed E-state index contributed by atoms with van der Waals surface area (Å²) in [4.78, 5) is 68.5. The average Bonchev–Trinajstić information content (AvgIpc) is 3.64. The molecule has 0 radical (unpaired) electrons. The average molecular weight is 577 g/mol. The molecule has 0 spiro atoms. The van der Waals surface area contributed by atoms with E-state index < -0.39 is 47.9 Å². The van der Waals surface area contributed by atoms with E-state index in [4.69, 9.17) is 22.9 Å². The number of rotatable bonds is 19. The fourth-order valence-electron chi connectivity index (χ4n) is 3.88. The number of aromatic amines is 2. The minimum atomic E-state index is -1.29. The van der Waals surface area contributed by atoms with Crippen LogP contribution in [0.15, 0.2) is 30.0 Å². The Morgan fingerprint density at radius 3 is 1.93 bits per heavy atom. The topological polar surface area (TPSA) is 298 Å². The third-order valence-corrected chi connectivity index (χ3v) is 6.09. The number of aliphatic imine (C=N–C) groups is 1. The lowest BCUT2D eigenvalue weighted by atomic mass is 10.0. The first kappa shape index (κ1) is 32.7. The molecular weight excluding hydrogens is 536 g/mol. The molecule has 4 atom stereocenters. The number of aromatic nitrogens is 4. The fourth-order valence-corrected chi connectivity index (χ4v) is 3.88. The third-order valence-electron chi connectivity index (χ3n) is 6.09. The number of hydrogen-bond donors (Lipinski definition) is 10. The summed E-state index contributed by atoms with van der Waals surface area (Å²) in [6.07, 6.45) is 7.77. The van der Waals surface area contributed by atoms with Crippen molar-refractivity contribution in [2.24, 2.45) is 27.9 Å². The smallest absolute Gasteiger partial charge is 0.326 e. The first-order valence-electron chi connectivity index (χ1n) is 13.2. The van der Waals surface area contributed by atoms with Crippen LogP contribution >= 0.6 is 0 Å². The lowest BCUT2D eigenvalue weighted by Crippen LogP contribution is -2.57. The maximum Gasteiger partial charge on any atom is 0.326 e. The van der Waals surface area contributed by atoms with Gasteiger partial charge in [0.25, 0.3) is 0 Å². The highest BCUT2D eigenvalue weighted by atomic mass is 16.4. The zero-order valence-electron chi connectivity index (χ0n) is 22.7. The van der Waals surface area contributed by atoms with Crippen molar-refractivity contribution in [3.05, 3.63) is 36.4 Å². The van der Waals surface area contributed by atoms with E-state index in [1.165, 1.54) is 25.0 Å². The normalized spacial score (nSPS) is 13.8. The predicted molar refractivity (Wildman–Crippen MR) is 149 cm³/mol. The van der Waals surface area contributed by atoms with E-state index in [-0.39, 0.29) is 31.6 Å². The van der Waals surface area contributed by atoms with E-state index in [0.29, 0.717) is 43.7 Å². The van der Waals surface area contributed by atoms with Gasteiger partial charge in [0, 0.05) is 43.2 Å². The molecule has 4 unspecified atom stereocenters. The third kappa shape index (κ3) is 12.0. The first-order valence-corrected chi connectivity index (χ1v) is 13.2. The van der Waals surface area contributed by atoms with Gasteiger partial charge in [-0.2, -0.15) is 0 Å². The number of H-pyrrole nitrogens is 2.